The smallest absolute Gasteiger partial charge is 0.251 e. The summed E-state index contributed by atoms with van der Waals surface area (Å²) in [7, 11) is 0. The summed E-state index contributed by atoms with van der Waals surface area (Å²) >= 11 is 1.40. The van der Waals surface area contributed by atoms with Gasteiger partial charge in [-0.25, -0.2) is 0 Å². The molecule has 1 aliphatic rings. The topological polar surface area (TPSA) is 56.5 Å². The first-order chi connectivity index (χ1) is 5.79. The summed E-state index contributed by atoms with van der Waals surface area (Å²) in [5, 5.41) is 8.76. The summed E-state index contributed by atoms with van der Waals surface area (Å²) in [5.74, 6) is 0.592. The van der Waals surface area contributed by atoms with Crippen molar-refractivity contribution in [1.29, 1.82) is 5.26 Å². The van der Waals surface area contributed by atoms with Gasteiger partial charge < -0.3 is 0 Å². The molecule has 0 aromatic rings. The fourth-order valence-electron chi connectivity index (χ4n) is 0.852. The Morgan fingerprint density at radius 1 is 1.92 bits per heavy atom. The second kappa shape index (κ2) is 3.93. The summed E-state index contributed by atoms with van der Waals surface area (Å²) in [6, 6.07) is 0. The van der Waals surface area contributed by atoms with Crippen molar-refractivity contribution in [3.8, 4) is 6.19 Å². The maximum absolute atomic E-state index is 11.1. The van der Waals surface area contributed by atoms with Gasteiger partial charge in [0.2, 0.25) is 6.19 Å². The maximum atomic E-state index is 11.1. The molecule has 4 nitrogen and oxygen atoms in total. The summed E-state index contributed by atoms with van der Waals surface area (Å²) in [5.41, 5.74) is 0. The van der Waals surface area contributed by atoms with Crippen LogP contribution in [0.1, 0.15) is 0 Å². The predicted octanol–water partition coefficient (Wildman–Crippen LogP) is 0.585. The second-order valence-electron chi connectivity index (χ2n) is 2.04. The molecule has 5 heteroatoms. The molecular weight excluding hydrogens is 174 g/mol. The Kier molecular flexibility index (Phi) is 2.88. The van der Waals surface area contributed by atoms with Crippen molar-refractivity contribution in [2.75, 3.05) is 12.3 Å². The van der Waals surface area contributed by atoms with Crippen LogP contribution in [0.2, 0.25) is 0 Å². The first-order valence-corrected chi connectivity index (χ1v) is 4.31. The number of nitriles is 1. The number of rotatable bonds is 1. The maximum Gasteiger partial charge on any atom is 0.251 e. The molecule has 0 aliphatic carbocycles. The van der Waals surface area contributed by atoms with Crippen molar-refractivity contribution in [2.24, 2.45) is 4.99 Å². The van der Waals surface area contributed by atoms with E-state index in [1.165, 1.54) is 22.7 Å². The van der Waals surface area contributed by atoms with Crippen LogP contribution in [-0.4, -0.2) is 28.3 Å². The van der Waals surface area contributed by atoms with E-state index in [-0.39, 0.29) is 5.91 Å². The van der Waals surface area contributed by atoms with Crippen LogP contribution in [0.4, 0.5) is 0 Å². The van der Waals surface area contributed by atoms with E-state index in [0.717, 1.165) is 5.75 Å². The molecule has 1 amide bonds. The third kappa shape index (κ3) is 1.66. The van der Waals surface area contributed by atoms with Gasteiger partial charge in [-0.3, -0.25) is 9.69 Å². The number of amides is 1. The van der Waals surface area contributed by atoms with E-state index in [4.69, 9.17) is 5.26 Å². The van der Waals surface area contributed by atoms with Crippen LogP contribution in [0.15, 0.2) is 17.6 Å². The van der Waals surface area contributed by atoms with E-state index in [1.54, 1.807) is 6.19 Å². The number of carbonyl (C=O) groups excluding carboxylic acids is 1. The molecule has 1 fully saturated rings. The van der Waals surface area contributed by atoms with Gasteiger partial charge in [0, 0.05) is 12.3 Å². The summed E-state index contributed by atoms with van der Waals surface area (Å²) in [6.45, 7) is 3.97. The fraction of sp³-hybridized carbons (Fsp3) is 0.286. The molecule has 0 bridgehead atoms. The summed E-state index contributed by atoms with van der Waals surface area (Å²) in [4.78, 5) is 16.1. The van der Waals surface area contributed by atoms with Crippen LogP contribution in [0.25, 0.3) is 0 Å². The molecule has 62 valence electrons. The molecule has 0 saturated carbocycles. The number of thioether (sulfide) groups is 1. The van der Waals surface area contributed by atoms with Crippen LogP contribution < -0.4 is 0 Å². The average molecular weight is 181 g/mol. The molecule has 1 rings (SSSR count). The van der Waals surface area contributed by atoms with E-state index in [9.17, 15) is 4.79 Å². The van der Waals surface area contributed by atoms with Crippen LogP contribution in [0.3, 0.4) is 0 Å². The Bertz CT molecular complexity index is 279. The average Bonchev–Trinajstić information content (AvgIpc) is 2.52. The first kappa shape index (κ1) is 8.81. The zero-order valence-electron chi connectivity index (χ0n) is 6.36. The van der Waals surface area contributed by atoms with Crippen LogP contribution in [0.5, 0.6) is 0 Å². The van der Waals surface area contributed by atoms with Gasteiger partial charge in [0.1, 0.15) is 0 Å². The molecule has 0 aromatic heterocycles. The standard InChI is InChI=1S/C7H7N3OS/c1-2-6(11)10-3-4-12-7(10)9-5-8/h2H,1,3-4H2. The Morgan fingerprint density at radius 3 is 3.25 bits per heavy atom. The molecule has 1 saturated heterocycles. The van der Waals surface area contributed by atoms with Crippen molar-refractivity contribution < 1.29 is 4.79 Å². The van der Waals surface area contributed by atoms with Gasteiger partial charge in [-0.05, 0) is 6.08 Å². The number of hydrogen-bond acceptors (Lipinski definition) is 4. The normalized spacial score (nSPS) is 19.2. The lowest BCUT2D eigenvalue weighted by molar-refractivity contribution is -0.121. The van der Waals surface area contributed by atoms with Gasteiger partial charge in [0.15, 0.2) is 5.17 Å². The molecule has 1 heterocycles. The van der Waals surface area contributed by atoms with E-state index in [0.29, 0.717) is 11.7 Å². The zero-order valence-corrected chi connectivity index (χ0v) is 7.17. The molecule has 0 N–H and O–H groups in total. The summed E-state index contributed by atoms with van der Waals surface area (Å²) in [6.07, 6.45) is 2.88. The second-order valence-corrected chi connectivity index (χ2v) is 3.10. The molecule has 1 aliphatic heterocycles. The summed E-state index contributed by atoms with van der Waals surface area (Å²) < 4.78 is 0. The van der Waals surface area contributed by atoms with Crippen molar-refractivity contribution in [3.63, 3.8) is 0 Å². The van der Waals surface area contributed by atoms with Crippen LogP contribution >= 0.6 is 11.8 Å². The minimum absolute atomic E-state index is 0.200. The van der Waals surface area contributed by atoms with Gasteiger partial charge >= 0.3 is 0 Å². The number of amidine groups is 1. The molecule has 0 aromatic carbocycles. The Morgan fingerprint density at radius 2 is 2.67 bits per heavy atom. The number of aliphatic imine (C=N–C) groups is 1. The van der Waals surface area contributed by atoms with Gasteiger partial charge in [-0.15, -0.1) is 4.99 Å². The van der Waals surface area contributed by atoms with Gasteiger partial charge in [0.25, 0.3) is 5.91 Å². The molecule has 12 heavy (non-hydrogen) atoms. The lowest BCUT2D eigenvalue weighted by atomic mass is 10.5. The van der Waals surface area contributed by atoms with E-state index < -0.39 is 0 Å². The Hall–Kier alpha value is -1.28. The Balaban J connectivity index is 2.78. The molecule has 0 unspecified atom stereocenters. The van der Waals surface area contributed by atoms with Crippen LogP contribution in [-0.2, 0) is 4.79 Å². The van der Waals surface area contributed by atoms with Crippen molar-refractivity contribution >= 4 is 22.8 Å². The highest BCUT2D eigenvalue weighted by atomic mass is 32.2. The lowest BCUT2D eigenvalue weighted by Crippen LogP contribution is -2.29. The molecule has 0 atom stereocenters. The molecule has 0 spiro atoms. The fourth-order valence-corrected chi connectivity index (χ4v) is 1.75. The number of hydrogen-bond donors (Lipinski definition) is 0. The van der Waals surface area contributed by atoms with Crippen molar-refractivity contribution in [1.82, 2.24) is 4.90 Å². The predicted molar refractivity (Wildman–Crippen MR) is 47.4 cm³/mol. The molecular formula is C7H7N3OS. The number of nitrogens with zero attached hydrogens (tertiary/aromatic N) is 3. The molecule has 0 radical (unpaired) electrons. The Labute approximate surface area is 74.6 Å². The zero-order chi connectivity index (χ0) is 8.97. The minimum atomic E-state index is -0.200. The van der Waals surface area contributed by atoms with E-state index in [1.807, 2.05) is 0 Å². The largest absolute Gasteiger partial charge is 0.286 e. The highest BCUT2D eigenvalue weighted by Crippen LogP contribution is 2.17. The van der Waals surface area contributed by atoms with Gasteiger partial charge in [-0.1, -0.05) is 18.3 Å². The van der Waals surface area contributed by atoms with Crippen molar-refractivity contribution in [2.45, 2.75) is 0 Å². The third-order valence-electron chi connectivity index (χ3n) is 1.36. The van der Waals surface area contributed by atoms with E-state index in [2.05, 4.69) is 11.6 Å². The van der Waals surface area contributed by atoms with Crippen molar-refractivity contribution in [3.05, 3.63) is 12.7 Å². The highest BCUT2D eigenvalue weighted by Gasteiger charge is 2.23. The number of carbonyl (C=O) groups is 1. The quantitative estimate of drug-likeness (QED) is 0.439. The monoisotopic (exact) mass is 181 g/mol. The third-order valence-corrected chi connectivity index (χ3v) is 2.32. The highest BCUT2D eigenvalue weighted by molar-refractivity contribution is 8.14. The SMILES string of the molecule is C=CC(=O)N1CCSC1=NC#N. The first-order valence-electron chi connectivity index (χ1n) is 3.33. The van der Waals surface area contributed by atoms with Gasteiger partial charge in [0.05, 0.1) is 0 Å². The van der Waals surface area contributed by atoms with E-state index >= 15 is 0 Å². The van der Waals surface area contributed by atoms with Crippen LogP contribution in [0, 0.1) is 11.5 Å². The minimum Gasteiger partial charge on any atom is -0.286 e. The van der Waals surface area contributed by atoms with Gasteiger partial charge in [-0.2, -0.15) is 5.26 Å². The lowest BCUT2D eigenvalue weighted by Gasteiger charge is -2.10.